The molecule has 0 bridgehead atoms. The molecule has 1 N–H and O–H groups in total. The lowest BCUT2D eigenvalue weighted by Crippen LogP contribution is -2.64. The molecule has 1 aliphatic heterocycles. The van der Waals surface area contributed by atoms with Gasteiger partial charge in [-0.05, 0) is 36.8 Å². The first-order valence-corrected chi connectivity index (χ1v) is 8.19. The van der Waals surface area contributed by atoms with Gasteiger partial charge in [0.2, 0.25) is 0 Å². The van der Waals surface area contributed by atoms with Crippen LogP contribution in [0.4, 0.5) is 5.69 Å². The highest BCUT2D eigenvalue weighted by molar-refractivity contribution is 5.99. The van der Waals surface area contributed by atoms with E-state index in [1.807, 2.05) is 33.3 Å². The fourth-order valence-electron chi connectivity index (χ4n) is 3.68. The number of nitrogens with zero attached hydrogens (tertiary/aromatic N) is 3. The third-order valence-electron chi connectivity index (χ3n) is 5.28. The third kappa shape index (κ3) is 2.85. The monoisotopic (exact) mass is 314 g/mol. The molecule has 0 atom stereocenters. The van der Waals surface area contributed by atoms with E-state index >= 15 is 0 Å². The van der Waals surface area contributed by atoms with Gasteiger partial charge in [-0.2, -0.15) is 5.10 Å². The molecule has 1 aromatic rings. The first-order valence-electron chi connectivity index (χ1n) is 8.19. The van der Waals surface area contributed by atoms with Gasteiger partial charge in [-0.1, -0.05) is 6.07 Å². The number of aldehydes is 1. The Bertz CT molecular complexity index is 626. The number of aryl methyl sites for hydroxylation is 1. The highest BCUT2D eigenvalue weighted by atomic mass is 16.1. The van der Waals surface area contributed by atoms with Crippen LogP contribution in [0.3, 0.4) is 0 Å². The molecule has 0 unspecified atom stereocenters. The standard InChI is InChI=1S/C18H26N4O/c1-13-5-6-17(15(16(13)10-23)9-20-21(2)3)22(4)14-7-18(8-14)11-19-12-18/h5-6,9-10,14,19H,7-8,11-12H2,1-4H3/b20-9-. The van der Waals surface area contributed by atoms with Crippen LogP contribution in [0.25, 0.3) is 0 Å². The summed E-state index contributed by atoms with van der Waals surface area (Å²) in [5, 5.41) is 9.49. The minimum Gasteiger partial charge on any atom is -0.371 e. The Morgan fingerprint density at radius 3 is 2.43 bits per heavy atom. The quantitative estimate of drug-likeness (QED) is 0.512. The van der Waals surface area contributed by atoms with Crippen molar-refractivity contribution in [2.24, 2.45) is 10.5 Å². The maximum atomic E-state index is 11.6. The molecule has 1 saturated carbocycles. The van der Waals surface area contributed by atoms with Gasteiger partial charge < -0.3 is 15.2 Å². The minimum absolute atomic E-state index is 0.537. The molecule has 1 heterocycles. The lowest BCUT2D eigenvalue weighted by Gasteiger charge is -2.57. The number of rotatable bonds is 5. The Morgan fingerprint density at radius 1 is 1.22 bits per heavy atom. The average molecular weight is 314 g/mol. The summed E-state index contributed by atoms with van der Waals surface area (Å²) < 4.78 is 0. The van der Waals surface area contributed by atoms with Gasteiger partial charge in [0.25, 0.3) is 0 Å². The van der Waals surface area contributed by atoms with Crippen molar-refractivity contribution in [2.45, 2.75) is 25.8 Å². The maximum absolute atomic E-state index is 11.6. The van der Waals surface area contributed by atoms with E-state index in [2.05, 4.69) is 28.4 Å². The largest absolute Gasteiger partial charge is 0.371 e. The fourth-order valence-corrected chi connectivity index (χ4v) is 3.68. The summed E-state index contributed by atoms with van der Waals surface area (Å²) in [5.74, 6) is 0. The smallest absolute Gasteiger partial charge is 0.151 e. The summed E-state index contributed by atoms with van der Waals surface area (Å²) in [6.45, 7) is 4.28. The van der Waals surface area contributed by atoms with Gasteiger partial charge in [0.1, 0.15) is 0 Å². The van der Waals surface area contributed by atoms with Crippen LogP contribution >= 0.6 is 0 Å². The summed E-state index contributed by atoms with van der Waals surface area (Å²) in [7, 11) is 5.90. The number of nitrogens with one attached hydrogen (secondary N) is 1. The van der Waals surface area contributed by atoms with Crippen molar-refractivity contribution < 1.29 is 4.79 Å². The predicted octanol–water partition coefficient (Wildman–Crippen LogP) is 1.89. The number of carbonyl (C=O) groups is 1. The first kappa shape index (κ1) is 16.0. The van der Waals surface area contributed by atoms with Gasteiger partial charge in [0, 0.05) is 57.1 Å². The second-order valence-electron chi connectivity index (χ2n) is 7.22. The van der Waals surface area contributed by atoms with E-state index < -0.39 is 0 Å². The summed E-state index contributed by atoms with van der Waals surface area (Å²) in [5.41, 5.74) is 4.28. The number of hydrazone groups is 1. The third-order valence-corrected chi connectivity index (χ3v) is 5.28. The maximum Gasteiger partial charge on any atom is 0.151 e. The van der Waals surface area contributed by atoms with Crippen LogP contribution in [0.1, 0.15) is 34.3 Å². The van der Waals surface area contributed by atoms with Gasteiger partial charge in [0.15, 0.2) is 6.29 Å². The van der Waals surface area contributed by atoms with E-state index in [-0.39, 0.29) is 0 Å². The highest BCUT2D eigenvalue weighted by Crippen LogP contribution is 2.47. The van der Waals surface area contributed by atoms with Crippen molar-refractivity contribution >= 4 is 18.2 Å². The molecule has 5 nitrogen and oxygen atoms in total. The zero-order valence-corrected chi connectivity index (χ0v) is 14.5. The normalized spacial score (nSPS) is 19.5. The summed E-state index contributed by atoms with van der Waals surface area (Å²) in [6, 6.07) is 4.69. The van der Waals surface area contributed by atoms with Crippen molar-refractivity contribution in [2.75, 3.05) is 39.1 Å². The van der Waals surface area contributed by atoms with Gasteiger partial charge in [-0.25, -0.2) is 0 Å². The fraction of sp³-hybridized carbons (Fsp3) is 0.556. The van der Waals surface area contributed by atoms with Crippen LogP contribution in [0.15, 0.2) is 17.2 Å². The molecular formula is C18H26N4O. The van der Waals surface area contributed by atoms with Crippen molar-refractivity contribution in [3.05, 3.63) is 28.8 Å². The van der Waals surface area contributed by atoms with Crippen LogP contribution < -0.4 is 10.2 Å². The number of hydrogen-bond acceptors (Lipinski definition) is 5. The molecule has 23 heavy (non-hydrogen) atoms. The van der Waals surface area contributed by atoms with Crippen LogP contribution in [0.2, 0.25) is 0 Å². The SMILES string of the molecule is Cc1ccc(N(C)C2CC3(CNC3)C2)c(/C=N\N(C)C)c1C=O. The van der Waals surface area contributed by atoms with E-state index in [1.54, 1.807) is 5.01 Å². The Hall–Kier alpha value is -1.88. The lowest BCUT2D eigenvalue weighted by atomic mass is 9.61. The summed E-state index contributed by atoms with van der Waals surface area (Å²) in [4.78, 5) is 13.9. The lowest BCUT2D eigenvalue weighted by molar-refractivity contribution is 0.0373. The van der Waals surface area contributed by atoms with Crippen molar-refractivity contribution in [1.82, 2.24) is 10.3 Å². The molecule has 5 heteroatoms. The molecule has 124 valence electrons. The van der Waals surface area contributed by atoms with Crippen LogP contribution in [0.5, 0.6) is 0 Å². The zero-order chi connectivity index (χ0) is 16.6. The van der Waals surface area contributed by atoms with Crippen LogP contribution in [0, 0.1) is 12.3 Å². The minimum atomic E-state index is 0.537. The van der Waals surface area contributed by atoms with Gasteiger partial charge in [-0.15, -0.1) is 0 Å². The molecule has 1 aliphatic carbocycles. The molecule has 0 aromatic heterocycles. The molecule has 3 rings (SSSR count). The molecule has 2 aliphatic rings. The Morgan fingerprint density at radius 2 is 1.91 bits per heavy atom. The Labute approximate surface area is 138 Å². The zero-order valence-electron chi connectivity index (χ0n) is 14.5. The molecule has 0 radical (unpaired) electrons. The molecule has 1 spiro atoms. The van der Waals surface area contributed by atoms with Crippen molar-refractivity contribution in [3.8, 4) is 0 Å². The molecular weight excluding hydrogens is 288 g/mol. The summed E-state index contributed by atoms with van der Waals surface area (Å²) in [6.07, 6.45) is 5.21. The van der Waals surface area contributed by atoms with E-state index in [9.17, 15) is 4.79 Å². The van der Waals surface area contributed by atoms with E-state index in [4.69, 9.17) is 0 Å². The van der Waals surface area contributed by atoms with Gasteiger partial charge in [0.05, 0.1) is 6.21 Å². The molecule has 1 saturated heterocycles. The molecule has 1 aromatic carbocycles. The van der Waals surface area contributed by atoms with E-state index in [1.165, 1.54) is 12.8 Å². The topological polar surface area (TPSA) is 47.9 Å². The molecule has 0 amide bonds. The second kappa shape index (κ2) is 5.96. The predicted molar refractivity (Wildman–Crippen MR) is 94.6 cm³/mol. The van der Waals surface area contributed by atoms with E-state index in [0.717, 1.165) is 41.8 Å². The number of anilines is 1. The molecule has 2 fully saturated rings. The van der Waals surface area contributed by atoms with Crippen molar-refractivity contribution in [1.29, 1.82) is 0 Å². The van der Waals surface area contributed by atoms with Gasteiger partial charge >= 0.3 is 0 Å². The second-order valence-corrected chi connectivity index (χ2v) is 7.22. The van der Waals surface area contributed by atoms with Crippen molar-refractivity contribution in [3.63, 3.8) is 0 Å². The number of carbonyl (C=O) groups excluding carboxylic acids is 1. The highest BCUT2D eigenvalue weighted by Gasteiger charge is 2.49. The van der Waals surface area contributed by atoms with Gasteiger partial charge in [-0.3, -0.25) is 4.79 Å². The van der Waals surface area contributed by atoms with E-state index in [0.29, 0.717) is 11.5 Å². The first-order chi connectivity index (χ1) is 11.0. The Kier molecular flexibility index (Phi) is 4.15. The Balaban J connectivity index is 1.89. The van der Waals surface area contributed by atoms with Crippen LogP contribution in [-0.4, -0.2) is 57.8 Å². The number of hydrogen-bond donors (Lipinski definition) is 1. The van der Waals surface area contributed by atoms with Crippen LogP contribution in [-0.2, 0) is 0 Å². The summed E-state index contributed by atoms with van der Waals surface area (Å²) >= 11 is 0. The average Bonchev–Trinajstić information content (AvgIpc) is 2.41. The number of benzene rings is 1.